The third-order valence-corrected chi connectivity index (χ3v) is 5.12. The van der Waals surface area contributed by atoms with Gasteiger partial charge in [-0.25, -0.2) is 4.79 Å². The van der Waals surface area contributed by atoms with Crippen LogP contribution in [0.4, 0.5) is 11.4 Å². The summed E-state index contributed by atoms with van der Waals surface area (Å²) in [6.07, 6.45) is -0.725. The van der Waals surface area contributed by atoms with Crippen LogP contribution >= 0.6 is 11.6 Å². The van der Waals surface area contributed by atoms with Gasteiger partial charge < -0.3 is 19.8 Å². The van der Waals surface area contributed by atoms with Gasteiger partial charge in [0.15, 0.2) is 0 Å². The van der Waals surface area contributed by atoms with Crippen LogP contribution in [-0.2, 0) is 4.74 Å². The van der Waals surface area contributed by atoms with Crippen molar-refractivity contribution in [2.75, 3.05) is 10.6 Å². The maximum atomic E-state index is 13.0. The van der Waals surface area contributed by atoms with Gasteiger partial charge >= 0.3 is 5.97 Å². The molecular weight excluding hydrogens is 404 g/mol. The van der Waals surface area contributed by atoms with Crippen molar-refractivity contribution in [3.05, 3.63) is 94.7 Å². The number of carbonyl (C=O) groups is 2. The Balaban J connectivity index is 1.52. The highest BCUT2D eigenvalue weighted by Crippen LogP contribution is 2.37. The van der Waals surface area contributed by atoms with Gasteiger partial charge in [0.05, 0.1) is 11.3 Å². The molecule has 0 saturated carbocycles. The van der Waals surface area contributed by atoms with Crippen molar-refractivity contribution in [3.63, 3.8) is 0 Å². The number of hydrogen-bond donors (Lipinski definition) is 2. The Morgan fingerprint density at radius 2 is 1.67 bits per heavy atom. The maximum Gasteiger partial charge on any atom is 0.340 e. The minimum Gasteiger partial charge on any atom is -0.449 e. The van der Waals surface area contributed by atoms with Gasteiger partial charge in [-0.2, -0.15) is 0 Å². The zero-order valence-corrected chi connectivity index (χ0v) is 16.3. The van der Waals surface area contributed by atoms with Crippen LogP contribution in [0.2, 0.25) is 5.02 Å². The number of halogens is 1. The van der Waals surface area contributed by atoms with Gasteiger partial charge in [-0.3, -0.25) is 4.79 Å². The summed E-state index contributed by atoms with van der Waals surface area (Å²) in [6, 6.07) is 21.2. The third-order valence-electron chi connectivity index (χ3n) is 4.87. The van der Waals surface area contributed by atoms with Crippen LogP contribution in [0.3, 0.4) is 0 Å². The number of esters is 1. The summed E-state index contributed by atoms with van der Waals surface area (Å²) in [5.74, 6) is -0.761. The number of benzene rings is 3. The number of fused-ring (bicyclic) bond motifs is 2. The van der Waals surface area contributed by atoms with E-state index in [4.69, 9.17) is 20.8 Å². The van der Waals surface area contributed by atoms with E-state index < -0.39 is 18.1 Å². The minimum absolute atomic E-state index is 0.0894. The first-order valence-electron chi connectivity index (χ1n) is 9.25. The number of anilines is 2. The standard InChI is InChI=1S/C23H15ClN2O4/c24-13-9-11-14(12-10-13)25-21(27)20-19(17-7-3-4-8-18(17)29-20)26-22-15-5-1-2-6-16(15)23(28)30-22/h1-12,22,26H,(H,25,27). The molecule has 1 aromatic heterocycles. The van der Waals surface area contributed by atoms with Crippen LogP contribution in [-0.4, -0.2) is 11.9 Å². The van der Waals surface area contributed by atoms with Gasteiger partial charge in [-0.15, -0.1) is 0 Å². The van der Waals surface area contributed by atoms with Crippen LogP contribution in [0.25, 0.3) is 11.0 Å². The molecular formula is C23H15ClN2O4. The second-order valence-corrected chi connectivity index (χ2v) is 7.22. The molecule has 0 aliphatic carbocycles. The molecule has 6 nitrogen and oxygen atoms in total. The highest BCUT2D eigenvalue weighted by atomic mass is 35.5. The lowest BCUT2D eigenvalue weighted by atomic mass is 10.1. The van der Waals surface area contributed by atoms with E-state index >= 15 is 0 Å². The summed E-state index contributed by atoms with van der Waals surface area (Å²) in [5.41, 5.74) is 2.77. The van der Waals surface area contributed by atoms with Gasteiger partial charge in [0.2, 0.25) is 12.0 Å². The Labute approximate surface area is 176 Å². The maximum absolute atomic E-state index is 13.0. The van der Waals surface area contributed by atoms with Crippen molar-refractivity contribution in [2.24, 2.45) is 0 Å². The summed E-state index contributed by atoms with van der Waals surface area (Å²) in [6.45, 7) is 0. The van der Waals surface area contributed by atoms with Crippen molar-refractivity contribution in [1.82, 2.24) is 0 Å². The highest BCUT2D eigenvalue weighted by molar-refractivity contribution is 6.30. The average molecular weight is 419 g/mol. The number of amides is 1. The van der Waals surface area contributed by atoms with Gasteiger partial charge in [0.1, 0.15) is 5.58 Å². The summed E-state index contributed by atoms with van der Waals surface area (Å²) in [5, 5.41) is 7.25. The quantitative estimate of drug-likeness (QED) is 0.420. The number of ether oxygens (including phenoxy) is 1. The molecule has 4 aromatic rings. The zero-order chi connectivity index (χ0) is 20.7. The predicted octanol–water partition coefficient (Wildman–Crippen LogP) is 5.62. The van der Waals surface area contributed by atoms with Crippen molar-refractivity contribution in [2.45, 2.75) is 6.23 Å². The average Bonchev–Trinajstić information content (AvgIpc) is 3.28. The molecule has 3 aromatic carbocycles. The van der Waals surface area contributed by atoms with Crippen molar-refractivity contribution >= 4 is 45.8 Å². The Bertz CT molecular complexity index is 1280. The number of hydrogen-bond acceptors (Lipinski definition) is 5. The molecule has 148 valence electrons. The zero-order valence-electron chi connectivity index (χ0n) is 15.5. The molecule has 1 atom stereocenters. The van der Waals surface area contributed by atoms with Crippen LogP contribution in [0.1, 0.15) is 32.7 Å². The lowest BCUT2D eigenvalue weighted by Gasteiger charge is -2.14. The predicted molar refractivity (Wildman–Crippen MR) is 114 cm³/mol. The van der Waals surface area contributed by atoms with E-state index in [0.717, 1.165) is 0 Å². The van der Waals surface area contributed by atoms with Crippen molar-refractivity contribution < 1.29 is 18.7 Å². The van der Waals surface area contributed by atoms with E-state index in [9.17, 15) is 9.59 Å². The fraction of sp³-hybridized carbons (Fsp3) is 0.0435. The smallest absolute Gasteiger partial charge is 0.340 e. The number of rotatable bonds is 4. The lowest BCUT2D eigenvalue weighted by Crippen LogP contribution is -2.16. The highest BCUT2D eigenvalue weighted by Gasteiger charge is 2.33. The van der Waals surface area contributed by atoms with Gasteiger partial charge in [-0.05, 0) is 42.5 Å². The van der Waals surface area contributed by atoms with Crippen LogP contribution in [0, 0.1) is 0 Å². The first-order chi connectivity index (χ1) is 14.6. The van der Waals surface area contributed by atoms with Crippen molar-refractivity contribution in [1.29, 1.82) is 0 Å². The molecule has 0 fully saturated rings. The van der Waals surface area contributed by atoms with Crippen LogP contribution < -0.4 is 10.6 Å². The molecule has 0 radical (unpaired) electrons. The molecule has 1 amide bonds. The van der Waals surface area contributed by atoms with E-state index in [1.54, 1.807) is 42.5 Å². The van der Waals surface area contributed by atoms with E-state index in [2.05, 4.69) is 10.6 Å². The molecule has 0 saturated heterocycles. The molecule has 1 unspecified atom stereocenters. The van der Waals surface area contributed by atoms with Crippen LogP contribution in [0.5, 0.6) is 0 Å². The summed E-state index contributed by atoms with van der Waals surface area (Å²) in [7, 11) is 0. The largest absolute Gasteiger partial charge is 0.449 e. The molecule has 1 aliphatic heterocycles. The molecule has 30 heavy (non-hydrogen) atoms. The van der Waals surface area contributed by atoms with Gasteiger partial charge in [0, 0.05) is 21.7 Å². The number of cyclic esters (lactones) is 1. The number of carbonyl (C=O) groups excluding carboxylic acids is 2. The SMILES string of the molecule is O=C1OC(Nc2c(C(=O)Nc3ccc(Cl)cc3)oc3ccccc23)c2ccccc21. The van der Waals surface area contributed by atoms with Gasteiger partial charge in [-0.1, -0.05) is 41.9 Å². The third kappa shape index (κ3) is 3.17. The van der Waals surface area contributed by atoms with E-state index in [1.807, 2.05) is 30.3 Å². The Hall–Kier alpha value is -3.77. The second kappa shape index (κ2) is 7.24. The topological polar surface area (TPSA) is 80.6 Å². The van der Waals surface area contributed by atoms with E-state index in [-0.39, 0.29) is 5.76 Å². The summed E-state index contributed by atoms with van der Waals surface area (Å²) >= 11 is 5.91. The molecule has 0 bridgehead atoms. The molecule has 0 spiro atoms. The second-order valence-electron chi connectivity index (χ2n) is 6.78. The summed E-state index contributed by atoms with van der Waals surface area (Å²) in [4.78, 5) is 25.2. The van der Waals surface area contributed by atoms with Crippen LogP contribution in [0.15, 0.2) is 77.2 Å². The fourth-order valence-electron chi connectivity index (χ4n) is 3.45. The molecule has 1 aliphatic rings. The Kier molecular flexibility index (Phi) is 4.41. The minimum atomic E-state index is -0.725. The molecule has 5 rings (SSSR count). The molecule has 7 heteroatoms. The van der Waals surface area contributed by atoms with E-state index in [1.165, 1.54) is 0 Å². The number of para-hydroxylation sites is 1. The summed E-state index contributed by atoms with van der Waals surface area (Å²) < 4.78 is 11.3. The normalized spacial score (nSPS) is 15.0. The molecule has 2 N–H and O–H groups in total. The Morgan fingerprint density at radius 1 is 0.933 bits per heavy atom. The van der Waals surface area contributed by atoms with Crippen molar-refractivity contribution in [3.8, 4) is 0 Å². The first kappa shape index (κ1) is 18.3. The Morgan fingerprint density at radius 3 is 2.50 bits per heavy atom. The lowest BCUT2D eigenvalue weighted by molar-refractivity contribution is 0.0437. The van der Waals surface area contributed by atoms with E-state index in [0.29, 0.717) is 38.5 Å². The number of nitrogens with one attached hydrogen (secondary N) is 2. The fourth-order valence-corrected chi connectivity index (χ4v) is 3.58. The van der Waals surface area contributed by atoms with Gasteiger partial charge in [0.25, 0.3) is 5.91 Å². The first-order valence-corrected chi connectivity index (χ1v) is 9.63. The molecule has 2 heterocycles. The number of furan rings is 1. The monoisotopic (exact) mass is 418 g/mol.